The first-order valence-electron chi connectivity index (χ1n) is 6.82. The Morgan fingerprint density at radius 3 is 2.81 bits per heavy atom. The van der Waals surface area contributed by atoms with E-state index < -0.39 is 0 Å². The summed E-state index contributed by atoms with van der Waals surface area (Å²) in [5.74, 6) is 0.000543. The number of aromatic nitrogens is 2. The van der Waals surface area contributed by atoms with E-state index in [9.17, 15) is 4.79 Å². The largest absolute Gasteiger partial charge is 0.324 e. The Hall–Kier alpha value is -1.92. The number of hydrogen-bond donors (Lipinski definition) is 2. The van der Waals surface area contributed by atoms with Crippen LogP contribution in [0.4, 0.5) is 5.69 Å². The topological polar surface area (TPSA) is 66.9 Å². The summed E-state index contributed by atoms with van der Waals surface area (Å²) >= 11 is 1.48. The molecule has 108 valence electrons. The fourth-order valence-corrected chi connectivity index (χ4v) is 2.99. The van der Waals surface area contributed by atoms with Crippen molar-refractivity contribution in [3.8, 4) is 0 Å². The summed E-state index contributed by atoms with van der Waals surface area (Å²) in [5, 5.41) is 6.80. The molecule has 1 atom stereocenters. The SMILES string of the molecule is CCNC1C(=O)Nc2cc(Sc3ncc(C)cn3)ccc21. The number of likely N-dealkylation sites (N-methyl/N-ethyl adjacent to an activating group) is 1. The van der Waals surface area contributed by atoms with Crippen LogP contribution < -0.4 is 10.6 Å². The normalized spacial score (nSPS) is 16.7. The molecule has 1 aromatic carbocycles. The maximum Gasteiger partial charge on any atom is 0.246 e. The third-order valence-electron chi connectivity index (χ3n) is 3.23. The predicted octanol–water partition coefficient (Wildman–Crippen LogP) is 2.54. The maximum atomic E-state index is 11.9. The number of nitrogens with one attached hydrogen (secondary N) is 2. The van der Waals surface area contributed by atoms with Gasteiger partial charge in [-0.2, -0.15) is 0 Å². The van der Waals surface area contributed by atoms with E-state index in [1.54, 1.807) is 12.4 Å². The Morgan fingerprint density at radius 2 is 2.10 bits per heavy atom. The van der Waals surface area contributed by atoms with Crippen molar-refractivity contribution in [3.63, 3.8) is 0 Å². The number of anilines is 1. The van der Waals surface area contributed by atoms with Gasteiger partial charge in [-0.05, 0) is 42.9 Å². The van der Waals surface area contributed by atoms with Gasteiger partial charge in [0.2, 0.25) is 5.91 Å². The molecule has 5 nitrogen and oxygen atoms in total. The van der Waals surface area contributed by atoms with Crippen LogP contribution in [-0.4, -0.2) is 22.4 Å². The molecule has 1 aromatic heterocycles. The van der Waals surface area contributed by atoms with E-state index in [1.807, 2.05) is 32.0 Å². The molecule has 0 fully saturated rings. The van der Waals surface area contributed by atoms with Gasteiger partial charge in [0.15, 0.2) is 5.16 Å². The van der Waals surface area contributed by atoms with Gasteiger partial charge in [0, 0.05) is 28.5 Å². The Balaban J connectivity index is 1.82. The van der Waals surface area contributed by atoms with Gasteiger partial charge >= 0.3 is 0 Å². The molecular formula is C15H16N4OS. The van der Waals surface area contributed by atoms with E-state index in [0.717, 1.165) is 28.3 Å². The van der Waals surface area contributed by atoms with Gasteiger partial charge in [0.25, 0.3) is 0 Å². The minimum Gasteiger partial charge on any atom is -0.324 e. The van der Waals surface area contributed by atoms with Crippen LogP contribution in [0.1, 0.15) is 24.1 Å². The number of benzene rings is 1. The van der Waals surface area contributed by atoms with Crippen molar-refractivity contribution in [2.75, 3.05) is 11.9 Å². The van der Waals surface area contributed by atoms with Crippen molar-refractivity contribution in [3.05, 3.63) is 41.7 Å². The second-order valence-electron chi connectivity index (χ2n) is 4.87. The second-order valence-corrected chi connectivity index (χ2v) is 5.91. The first kappa shape index (κ1) is 14.0. The molecule has 2 aromatic rings. The van der Waals surface area contributed by atoms with Crippen LogP contribution >= 0.6 is 11.8 Å². The number of carbonyl (C=O) groups excluding carboxylic acids is 1. The van der Waals surface area contributed by atoms with Crippen LogP contribution in [-0.2, 0) is 4.79 Å². The van der Waals surface area contributed by atoms with E-state index in [2.05, 4.69) is 20.6 Å². The van der Waals surface area contributed by atoms with Crippen LogP contribution in [0.25, 0.3) is 0 Å². The molecule has 0 saturated heterocycles. The number of fused-ring (bicyclic) bond motifs is 1. The molecule has 0 spiro atoms. The predicted molar refractivity (Wildman–Crippen MR) is 82.4 cm³/mol. The molecule has 0 bridgehead atoms. The minimum absolute atomic E-state index is 0.000543. The molecule has 2 heterocycles. The summed E-state index contributed by atoms with van der Waals surface area (Å²) in [5.41, 5.74) is 2.90. The summed E-state index contributed by atoms with van der Waals surface area (Å²) in [6, 6.07) is 5.70. The van der Waals surface area contributed by atoms with Crippen LogP contribution in [0.15, 0.2) is 40.6 Å². The van der Waals surface area contributed by atoms with Gasteiger partial charge in [-0.1, -0.05) is 13.0 Å². The van der Waals surface area contributed by atoms with E-state index >= 15 is 0 Å². The van der Waals surface area contributed by atoms with Crippen molar-refractivity contribution in [2.24, 2.45) is 0 Å². The zero-order chi connectivity index (χ0) is 14.8. The summed E-state index contributed by atoms with van der Waals surface area (Å²) in [6.07, 6.45) is 3.59. The van der Waals surface area contributed by atoms with Crippen molar-refractivity contribution in [2.45, 2.75) is 29.9 Å². The van der Waals surface area contributed by atoms with Crippen molar-refractivity contribution in [1.29, 1.82) is 0 Å². The van der Waals surface area contributed by atoms with Gasteiger partial charge in [-0.15, -0.1) is 0 Å². The molecule has 1 aliphatic heterocycles. The highest BCUT2D eigenvalue weighted by atomic mass is 32.2. The van der Waals surface area contributed by atoms with Gasteiger partial charge in [0.05, 0.1) is 0 Å². The van der Waals surface area contributed by atoms with E-state index in [1.165, 1.54) is 11.8 Å². The Morgan fingerprint density at radius 1 is 1.33 bits per heavy atom. The van der Waals surface area contributed by atoms with E-state index in [0.29, 0.717) is 5.16 Å². The fraction of sp³-hybridized carbons (Fsp3) is 0.267. The first-order valence-corrected chi connectivity index (χ1v) is 7.63. The molecule has 1 unspecified atom stereocenters. The summed E-state index contributed by atoms with van der Waals surface area (Å²) < 4.78 is 0. The van der Waals surface area contributed by atoms with Crippen LogP contribution in [0.2, 0.25) is 0 Å². The first-order chi connectivity index (χ1) is 10.2. The van der Waals surface area contributed by atoms with Gasteiger partial charge in [-0.25, -0.2) is 9.97 Å². The van der Waals surface area contributed by atoms with E-state index in [4.69, 9.17) is 0 Å². The lowest BCUT2D eigenvalue weighted by Crippen LogP contribution is -2.27. The quantitative estimate of drug-likeness (QED) is 0.849. The summed E-state index contributed by atoms with van der Waals surface area (Å²) in [4.78, 5) is 21.5. The van der Waals surface area contributed by atoms with Gasteiger partial charge < -0.3 is 10.6 Å². The smallest absolute Gasteiger partial charge is 0.246 e. The molecule has 0 saturated carbocycles. The summed E-state index contributed by atoms with van der Waals surface area (Å²) in [7, 11) is 0. The number of carbonyl (C=O) groups is 1. The van der Waals surface area contributed by atoms with Gasteiger partial charge in [-0.3, -0.25) is 4.79 Å². The monoisotopic (exact) mass is 300 g/mol. The standard InChI is InChI=1S/C15H16N4OS/c1-3-16-13-11-5-4-10(6-12(11)19-14(13)20)21-15-17-7-9(2)8-18-15/h4-8,13,16H,3H2,1-2H3,(H,19,20). The molecular weight excluding hydrogens is 284 g/mol. The number of amides is 1. The van der Waals surface area contributed by atoms with Gasteiger partial charge in [0.1, 0.15) is 6.04 Å². The molecule has 1 amide bonds. The number of hydrogen-bond acceptors (Lipinski definition) is 5. The average molecular weight is 300 g/mol. The van der Waals surface area contributed by atoms with Crippen molar-refractivity contribution in [1.82, 2.24) is 15.3 Å². The van der Waals surface area contributed by atoms with E-state index in [-0.39, 0.29) is 11.9 Å². The molecule has 1 aliphatic rings. The number of aryl methyl sites for hydroxylation is 1. The highest BCUT2D eigenvalue weighted by Gasteiger charge is 2.29. The number of nitrogens with zero attached hydrogens (tertiary/aromatic N) is 2. The lowest BCUT2D eigenvalue weighted by molar-refractivity contribution is -0.117. The molecule has 0 radical (unpaired) electrons. The molecule has 6 heteroatoms. The Labute approximate surface area is 127 Å². The maximum absolute atomic E-state index is 11.9. The van der Waals surface area contributed by atoms with Crippen LogP contribution in [0, 0.1) is 6.92 Å². The minimum atomic E-state index is -0.250. The highest BCUT2D eigenvalue weighted by molar-refractivity contribution is 7.99. The van der Waals surface area contributed by atoms with Crippen molar-refractivity contribution >= 4 is 23.4 Å². The third kappa shape index (κ3) is 2.91. The zero-order valence-corrected chi connectivity index (χ0v) is 12.7. The lowest BCUT2D eigenvalue weighted by atomic mass is 10.1. The van der Waals surface area contributed by atoms with Crippen LogP contribution in [0.3, 0.4) is 0 Å². The summed E-state index contributed by atoms with van der Waals surface area (Å²) in [6.45, 7) is 4.70. The van der Waals surface area contributed by atoms with Crippen LogP contribution in [0.5, 0.6) is 0 Å². The molecule has 0 aliphatic carbocycles. The third-order valence-corrected chi connectivity index (χ3v) is 4.11. The fourth-order valence-electron chi connectivity index (χ4n) is 2.25. The molecule has 2 N–H and O–H groups in total. The Bertz CT molecular complexity index is 672. The number of rotatable bonds is 4. The molecule has 21 heavy (non-hydrogen) atoms. The lowest BCUT2D eigenvalue weighted by Gasteiger charge is -2.09. The Kier molecular flexibility index (Phi) is 3.90. The highest BCUT2D eigenvalue weighted by Crippen LogP contribution is 2.35. The molecule has 3 rings (SSSR count). The van der Waals surface area contributed by atoms with Crippen molar-refractivity contribution < 1.29 is 4.79 Å². The second kappa shape index (κ2) is 5.83. The zero-order valence-electron chi connectivity index (χ0n) is 11.9. The average Bonchev–Trinajstić information content (AvgIpc) is 2.78.